The van der Waals surface area contributed by atoms with Crippen LogP contribution in [0.3, 0.4) is 0 Å². The number of hydrogen-bond acceptors (Lipinski definition) is 7. The Hall–Kier alpha value is -1.81. The number of imidazole rings is 1. The van der Waals surface area contributed by atoms with Crippen molar-refractivity contribution >= 4 is 17.2 Å². The number of carbonyl (C=O) groups excluding carboxylic acids is 1. The van der Waals surface area contributed by atoms with Gasteiger partial charge in [0.05, 0.1) is 29.3 Å². The second kappa shape index (κ2) is 6.98. The number of piperidine rings is 1. The molecule has 0 bridgehead atoms. The number of aryl methyl sites for hydroxylation is 1. The topological polar surface area (TPSA) is 114 Å². The van der Waals surface area contributed by atoms with E-state index in [9.17, 15) is 15.0 Å². The summed E-state index contributed by atoms with van der Waals surface area (Å²) in [5.74, 6) is -0.353. The summed E-state index contributed by atoms with van der Waals surface area (Å²) in [6.45, 7) is 3.57. The fourth-order valence-electron chi connectivity index (χ4n) is 2.79. The highest BCUT2D eigenvalue weighted by molar-refractivity contribution is 7.09. The van der Waals surface area contributed by atoms with Gasteiger partial charge in [-0.1, -0.05) is 0 Å². The second-order valence-corrected chi connectivity index (χ2v) is 7.17. The van der Waals surface area contributed by atoms with Gasteiger partial charge >= 0.3 is 0 Å². The number of amides is 1. The summed E-state index contributed by atoms with van der Waals surface area (Å²) < 4.78 is 0. The molecule has 4 N–H and O–H groups in total. The Kier molecular flexibility index (Phi) is 4.95. The van der Waals surface area contributed by atoms with Crippen molar-refractivity contribution in [2.75, 3.05) is 19.6 Å². The molecular weight excluding hydrogens is 330 g/mol. The average molecular weight is 351 g/mol. The smallest absolute Gasteiger partial charge is 0.269 e. The lowest BCUT2D eigenvalue weighted by atomic mass is 9.88. The Bertz CT molecular complexity index is 689. The molecule has 0 unspecified atom stereocenters. The zero-order valence-electron chi connectivity index (χ0n) is 13.4. The lowest BCUT2D eigenvalue weighted by Gasteiger charge is -2.41. The fraction of sp³-hybridized carbons (Fsp3) is 0.533. The normalized spacial score (nSPS) is 24.9. The van der Waals surface area contributed by atoms with E-state index >= 15 is 0 Å². The molecular formula is C15H21N5O3S. The third kappa shape index (κ3) is 3.81. The maximum atomic E-state index is 11.9. The highest BCUT2D eigenvalue weighted by Gasteiger charge is 2.41. The number of aromatic nitrogens is 3. The Morgan fingerprint density at radius 3 is 3.08 bits per heavy atom. The predicted octanol–water partition coefficient (Wildman–Crippen LogP) is -0.0977. The van der Waals surface area contributed by atoms with E-state index in [1.165, 1.54) is 12.5 Å². The monoisotopic (exact) mass is 351 g/mol. The molecule has 1 fully saturated rings. The third-order valence-corrected chi connectivity index (χ3v) is 5.08. The highest BCUT2D eigenvalue weighted by atomic mass is 32.1. The number of aliphatic hydroxyl groups excluding tert-OH is 1. The number of rotatable bonds is 5. The van der Waals surface area contributed by atoms with Crippen LogP contribution >= 0.6 is 11.3 Å². The molecule has 0 aliphatic carbocycles. The fourth-order valence-corrected chi connectivity index (χ4v) is 3.40. The van der Waals surface area contributed by atoms with Gasteiger partial charge in [-0.05, 0) is 13.3 Å². The number of aliphatic hydroxyl groups is 2. The SMILES string of the molecule is Cc1nc(CN2CC[C@@](O)(CNC(=O)c3cnc[nH]3)[C@H](O)C2)cs1. The summed E-state index contributed by atoms with van der Waals surface area (Å²) in [5, 5.41) is 26.7. The lowest BCUT2D eigenvalue weighted by Crippen LogP contribution is -2.60. The number of hydrogen-bond donors (Lipinski definition) is 4. The average Bonchev–Trinajstić information content (AvgIpc) is 3.21. The number of nitrogens with zero attached hydrogens (tertiary/aromatic N) is 3. The van der Waals surface area contributed by atoms with Crippen molar-refractivity contribution in [2.45, 2.75) is 31.6 Å². The number of H-pyrrole nitrogens is 1. The molecule has 130 valence electrons. The zero-order chi connectivity index (χ0) is 17.2. The summed E-state index contributed by atoms with van der Waals surface area (Å²) >= 11 is 1.60. The molecule has 1 saturated heterocycles. The first-order valence-corrected chi connectivity index (χ1v) is 8.64. The van der Waals surface area contributed by atoms with Crippen LogP contribution in [0.2, 0.25) is 0 Å². The molecule has 2 aromatic heterocycles. The van der Waals surface area contributed by atoms with Crippen molar-refractivity contribution in [3.05, 3.63) is 34.3 Å². The van der Waals surface area contributed by atoms with E-state index in [1.807, 2.05) is 12.3 Å². The number of β-amino-alcohol motifs (C(OH)–C–C–N with tert-alkyl or cyclic N) is 1. The second-order valence-electron chi connectivity index (χ2n) is 6.11. The minimum absolute atomic E-state index is 0.00430. The van der Waals surface area contributed by atoms with E-state index in [4.69, 9.17) is 0 Å². The van der Waals surface area contributed by atoms with Crippen molar-refractivity contribution in [1.29, 1.82) is 0 Å². The van der Waals surface area contributed by atoms with Gasteiger partial charge in [0.25, 0.3) is 5.91 Å². The van der Waals surface area contributed by atoms with Crippen LogP contribution in [0.25, 0.3) is 0 Å². The van der Waals surface area contributed by atoms with Crippen molar-refractivity contribution in [1.82, 2.24) is 25.2 Å². The molecule has 3 heterocycles. The largest absolute Gasteiger partial charge is 0.389 e. The molecule has 0 radical (unpaired) electrons. The molecule has 3 rings (SSSR count). The summed E-state index contributed by atoms with van der Waals surface area (Å²) in [6, 6.07) is 0. The third-order valence-electron chi connectivity index (χ3n) is 4.26. The highest BCUT2D eigenvalue weighted by Crippen LogP contribution is 2.24. The predicted molar refractivity (Wildman–Crippen MR) is 88.6 cm³/mol. The number of nitrogens with one attached hydrogen (secondary N) is 2. The molecule has 1 amide bonds. The van der Waals surface area contributed by atoms with Gasteiger partial charge in [0.15, 0.2) is 0 Å². The van der Waals surface area contributed by atoms with Gasteiger partial charge in [-0.3, -0.25) is 9.69 Å². The van der Waals surface area contributed by atoms with E-state index < -0.39 is 11.7 Å². The Balaban J connectivity index is 1.53. The van der Waals surface area contributed by atoms with Gasteiger partial charge < -0.3 is 20.5 Å². The van der Waals surface area contributed by atoms with E-state index in [0.717, 1.165) is 10.7 Å². The molecule has 8 nitrogen and oxygen atoms in total. The van der Waals surface area contributed by atoms with Gasteiger partial charge in [-0.2, -0.15) is 0 Å². The molecule has 0 aromatic carbocycles. The first kappa shape index (κ1) is 17.0. The van der Waals surface area contributed by atoms with Crippen molar-refractivity contribution in [3.63, 3.8) is 0 Å². The molecule has 2 atom stereocenters. The molecule has 0 spiro atoms. The van der Waals surface area contributed by atoms with E-state index in [2.05, 4.69) is 25.2 Å². The summed E-state index contributed by atoms with van der Waals surface area (Å²) in [6.07, 6.45) is 2.26. The van der Waals surface area contributed by atoms with Gasteiger partial charge in [-0.15, -0.1) is 11.3 Å². The van der Waals surface area contributed by atoms with Gasteiger partial charge in [0, 0.05) is 31.6 Å². The molecule has 0 saturated carbocycles. The quantitative estimate of drug-likeness (QED) is 0.598. The van der Waals surface area contributed by atoms with Crippen LogP contribution in [0.5, 0.6) is 0 Å². The van der Waals surface area contributed by atoms with E-state index in [1.54, 1.807) is 11.3 Å². The molecule has 9 heteroatoms. The minimum atomic E-state index is -1.33. The summed E-state index contributed by atoms with van der Waals surface area (Å²) in [7, 11) is 0. The van der Waals surface area contributed by atoms with Crippen LogP contribution in [-0.2, 0) is 6.54 Å². The van der Waals surface area contributed by atoms with Crippen LogP contribution in [-0.4, -0.2) is 67.3 Å². The number of carbonyl (C=O) groups is 1. The summed E-state index contributed by atoms with van der Waals surface area (Å²) in [4.78, 5) is 24.9. The van der Waals surface area contributed by atoms with Gasteiger partial charge in [-0.25, -0.2) is 9.97 Å². The van der Waals surface area contributed by atoms with Crippen molar-refractivity contribution in [2.24, 2.45) is 0 Å². The number of thiazole rings is 1. The van der Waals surface area contributed by atoms with Crippen LogP contribution in [0.15, 0.2) is 17.9 Å². The number of likely N-dealkylation sites (tertiary alicyclic amines) is 1. The molecule has 2 aromatic rings. The molecule has 1 aliphatic rings. The summed E-state index contributed by atoms with van der Waals surface area (Å²) in [5.41, 5.74) is -0.0309. The van der Waals surface area contributed by atoms with Crippen molar-refractivity contribution < 1.29 is 15.0 Å². The van der Waals surface area contributed by atoms with Crippen LogP contribution < -0.4 is 5.32 Å². The van der Waals surface area contributed by atoms with Gasteiger partial charge in [0.2, 0.25) is 0 Å². The maximum absolute atomic E-state index is 11.9. The molecule has 24 heavy (non-hydrogen) atoms. The van der Waals surface area contributed by atoms with Crippen LogP contribution in [0.4, 0.5) is 0 Å². The Morgan fingerprint density at radius 1 is 1.62 bits per heavy atom. The Labute approximate surface area is 143 Å². The van der Waals surface area contributed by atoms with E-state index in [-0.39, 0.29) is 12.5 Å². The molecule has 1 aliphatic heterocycles. The minimum Gasteiger partial charge on any atom is -0.389 e. The maximum Gasteiger partial charge on any atom is 0.269 e. The van der Waals surface area contributed by atoms with Crippen LogP contribution in [0, 0.1) is 6.92 Å². The first-order chi connectivity index (χ1) is 11.5. The standard InChI is InChI=1S/C15H21N5O3S/c1-10-19-11(7-24-10)5-20-3-2-15(23,13(21)6-20)8-17-14(22)12-4-16-9-18-12/h4,7,9,13,21,23H,2-3,5-6,8H2,1H3,(H,16,18)(H,17,22)/t13-,15-/m1/s1. The number of aromatic amines is 1. The van der Waals surface area contributed by atoms with E-state index in [0.29, 0.717) is 31.7 Å². The van der Waals surface area contributed by atoms with Gasteiger partial charge in [0.1, 0.15) is 11.3 Å². The van der Waals surface area contributed by atoms with Crippen LogP contribution in [0.1, 0.15) is 27.6 Å². The van der Waals surface area contributed by atoms with Crippen molar-refractivity contribution in [3.8, 4) is 0 Å². The Morgan fingerprint density at radius 2 is 2.46 bits per heavy atom. The lowest BCUT2D eigenvalue weighted by molar-refractivity contribution is -0.117. The zero-order valence-corrected chi connectivity index (χ0v) is 14.2. The first-order valence-electron chi connectivity index (χ1n) is 7.77.